The average Bonchev–Trinajstić information content (AvgIpc) is 2.79. The summed E-state index contributed by atoms with van der Waals surface area (Å²) in [5.74, 6) is -2.41. The molecule has 12 heteroatoms. The van der Waals surface area contributed by atoms with Crippen molar-refractivity contribution < 1.29 is 31.9 Å². The fraction of sp³-hybridized carbons (Fsp3) is 0.143. The van der Waals surface area contributed by atoms with Crippen LogP contribution in [0.2, 0.25) is 0 Å². The molecule has 3 aromatic rings. The minimum Gasteiger partial charge on any atom is -0.494 e. The van der Waals surface area contributed by atoms with Crippen LogP contribution in [0, 0.1) is 5.82 Å². The first kappa shape index (κ1) is 23.6. The zero-order valence-corrected chi connectivity index (χ0v) is 18.3. The molecular formula is C21H19FN4O6S. The van der Waals surface area contributed by atoms with Gasteiger partial charge in [0, 0.05) is 18.1 Å². The number of nitrogens with one attached hydrogen (secondary N) is 2. The van der Waals surface area contributed by atoms with Crippen molar-refractivity contribution in [3.05, 3.63) is 72.3 Å². The molecule has 1 amide bonds. The zero-order chi connectivity index (χ0) is 24.0. The summed E-state index contributed by atoms with van der Waals surface area (Å²) in [6, 6.07) is 10.3. The molecule has 0 saturated carbocycles. The number of carbonyl (C=O) groups excluding carboxylic acids is 2. The number of halogens is 1. The lowest BCUT2D eigenvalue weighted by Crippen LogP contribution is -2.30. The first-order valence-electron chi connectivity index (χ1n) is 9.45. The number of methoxy groups -OCH3 is 1. The quantitative estimate of drug-likeness (QED) is 0.476. The van der Waals surface area contributed by atoms with E-state index >= 15 is 0 Å². The van der Waals surface area contributed by atoms with Gasteiger partial charge in [0.2, 0.25) is 5.95 Å². The highest BCUT2D eigenvalue weighted by atomic mass is 32.2. The van der Waals surface area contributed by atoms with Crippen molar-refractivity contribution in [2.24, 2.45) is 0 Å². The van der Waals surface area contributed by atoms with E-state index < -0.39 is 33.8 Å². The Morgan fingerprint density at radius 3 is 2.33 bits per heavy atom. The number of esters is 1. The summed E-state index contributed by atoms with van der Waals surface area (Å²) in [6.45, 7) is 1.34. The molecule has 0 radical (unpaired) electrons. The number of aromatic nitrogens is 2. The van der Waals surface area contributed by atoms with Crippen molar-refractivity contribution in [2.45, 2.75) is 17.9 Å². The van der Waals surface area contributed by atoms with Gasteiger partial charge in [-0.2, -0.15) is 0 Å². The Labute approximate surface area is 188 Å². The standard InChI is InChI=1S/C21H19FN4O6S/c1-13(32-20(28)14-4-9-18(31-2)17(22)12-14)19(27)25-15-5-7-16(8-6-15)33(29,30)26-21-23-10-3-11-24-21/h3-13H,1-2H3,(H,25,27)(H,23,24,26). The number of nitrogens with zero attached hydrogens (tertiary/aromatic N) is 2. The molecule has 1 heterocycles. The van der Waals surface area contributed by atoms with Crippen LogP contribution in [0.3, 0.4) is 0 Å². The van der Waals surface area contributed by atoms with Gasteiger partial charge in [-0.05, 0) is 55.5 Å². The summed E-state index contributed by atoms with van der Waals surface area (Å²) in [7, 11) is -2.64. The van der Waals surface area contributed by atoms with E-state index in [0.29, 0.717) is 0 Å². The van der Waals surface area contributed by atoms with E-state index in [9.17, 15) is 22.4 Å². The van der Waals surface area contributed by atoms with Gasteiger partial charge in [-0.3, -0.25) is 4.79 Å². The molecule has 0 saturated heterocycles. The lowest BCUT2D eigenvalue weighted by Gasteiger charge is -2.14. The van der Waals surface area contributed by atoms with Crippen LogP contribution in [-0.4, -0.2) is 43.5 Å². The SMILES string of the molecule is COc1ccc(C(=O)OC(C)C(=O)Nc2ccc(S(=O)(=O)Nc3ncccn3)cc2)cc1F. The third kappa shape index (κ3) is 6.01. The first-order chi connectivity index (χ1) is 15.7. The van der Waals surface area contributed by atoms with Crippen molar-refractivity contribution in [3.8, 4) is 5.75 Å². The summed E-state index contributed by atoms with van der Waals surface area (Å²) in [5, 5.41) is 2.51. The first-order valence-corrected chi connectivity index (χ1v) is 10.9. The van der Waals surface area contributed by atoms with E-state index in [1.807, 2.05) is 0 Å². The minimum absolute atomic E-state index is 0.0331. The molecule has 2 N–H and O–H groups in total. The van der Waals surface area contributed by atoms with Crippen LogP contribution in [0.4, 0.5) is 16.0 Å². The molecule has 0 bridgehead atoms. The number of anilines is 2. The number of ether oxygens (including phenoxy) is 2. The maximum atomic E-state index is 13.8. The number of hydrogen-bond acceptors (Lipinski definition) is 8. The van der Waals surface area contributed by atoms with E-state index in [-0.39, 0.29) is 27.8 Å². The lowest BCUT2D eigenvalue weighted by molar-refractivity contribution is -0.123. The van der Waals surface area contributed by atoms with Crippen molar-refractivity contribution in [1.82, 2.24) is 9.97 Å². The Morgan fingerprint density at radius 2 is 1.73 bits per heavy atom. The number of sulfonamides is 1. The van der Waals surface area contributed by atoms with Gasteiger partial charge in [0.25, 0.3) is 15.9 Å². The fourth-order valence-corrected chi connectivity index (χ4v) is 3.53. The Kier molecular flexibility index (Phi) is 7.18. The minimum atomic E-state index is -3.93. The normalized spacial score (nSPS) is 11.8. The molecule has 0 aliphatic carbocycles. The Bertz CT molecular complexity index is 1250. The van der Waals surface area contributed by atoms with Gasteiger partial charge in [-0.1, -0.05) is 0 Å². The number of amides is 1. The molecule has 1 aromatic heterocycles. The maximum Gasteiger partial charge on any atom is 0.339 e. The Hall–Kier alpha value is -4.06. The van der Waals surface area contributed by atoms with Gasteiger partial charge in [0.1, 0.15) is 0 Å². The van der Waals surface area contributed by atoms with Gasteiger partial charge >= 0.3 is 5.97 Å². The number of rotatable bonds is 8. The summed E-state index contributed by atoms with van der Waals surface area (Å²) < 4.78 is 50.6. The number of carbonyl (C=O) groups is 2. The highest BCUT2D eigenvalue weighted by molar-refractivity contribution is 7.92. The summed E-state index contributed by atoms with van der Waals surface area (Å²) in [6.07, 6.45) is 1.58. The van der Waals surface area contributed by atoms with Crippen LogP contribution in [-0.2, 0) is 19.6 Å². The number of hydrogen-bond donors (Lipinski definition) is 2. The highest BCUT2D eigenvalue weighted by Gasteiger charge is 2.21. The summed E-state index contributed by atoms with van der Waals surface area (Å²) >= 11 is 0. The molecule has 2 aromatic carbocycles. The zero-order valence-electron chi connectivity index (χ0n) is 17.5. The van der Waals surface area contributed by atoms with Crippen LogP contribution >= 0.6 is 0 Å². The predicted octanol–water partition coefficient (Wildman–Crippen LogP) is 2.61. The van der Waals surface area contributed by atoms with Crippen LogP contribution in [0.1, 0.15) is 17.3 Å². The van der Waals surface area contributed by atoms with Gasteiger partial charge in [-0.25, -0.2) is 32.3 Å². The third-order valence-corrected chi connectivity index (χ3v) is 5.61. The molecule has 1 atom stereocenters. The van der Waals surface area contributed by atoms with Crippen molar-refractivity contribution in [3.63, 3.8) is 0 Å². The van der Waals surface area contributed by atoms with Crippen LogP contribution in [0.15, 0.2) is 65.8 Å². The molecule has 0 aliphatic heterocycles. The van der Waals surface area contributed by atoms with E-state index in [1.54, 1.807) is 6.07 Å². The molecule has 33 heavy (non-hydrogen) atoms. The van der Waals surface area contributed by atoms with E-state index in [2.05, 4.69) is 20.0 Å². The predicted molar refractivity (Wildman–Crippen MR) is 116 cm³/mol. The van der Waals surface area contributed by atoms with E-state index in [0.717, 1.165) is 6.07 Å². The fourth-order valence-electron chi connectivity index (χ4n) is 2.57. The second-order valence-electron chi connectivity index (χ2n) is 6.59. The Balaban J connectivity index is 1.60. The second-order valence-corrected chi connectivity index (χ2v) is 8.27. The Morgan fingerprint density at radius 1 is 1.06 bits per heavy atom. The second kappa shape index (κ2) is 10.0. The molecular weight excluding hydrogens is 455 g/mol. The molecule has 0 spiro atoms. The van der Waals surface area contributed by atoms with Crippen molar-refractivity contribution >= 4 is 33.5 Å². The van der Waals surface area contributed by atoms with Crippen molar-refractivity contribution in [1.29, 1.82) is 0 Å². The molecule has 10 nitrogen and oxygen atoms in total. The van der Waals surface area contributed by atoms with E-state index in [1.165, 1.54) is 62.8 Å². The topological polar surface area (TPSA) is 137 Å². The van der Waals surface area contributed by atoms with Crippen LogP contribution in [0.25, 0.3) is 0 Å². The molecule has 1 unspecified atom stereocenters. The van der Waals surface area contributed by atoms with Gasteiger partial charge in [0.15, 0.2) is 17.7 Å². The lowest BCUT2D eigenvalue weighted by atomic mass is 10.2. The largest absolute Gasteiger partial charge is 0.494 e. The molecule has 172 valence electrons. The third-order valence-electron chi connectivity index (χ3n) is 4.26. The van der Waals surface area contributed by atoms with Gasteiger partial charge in [0.05, 0.1) is 17.6 Å². The molecule has 3 rings (SSSR count). The van der Waals surface area contributed by atoms with Crippen molar-refractivity contribution in [2.75, 3.05) is 17.1 Å². The van der Waals surface area contributed by atoms with Gasteiger partial charge in [-0.15, -0.1) is 0 Å². The highest BCUT2D eigenvalue weighted by Crippen LogP contribution is 2.19. The maximum absolute atomic E-state index is 13.8. The summed E-state index contributed by atoms with van der Waals surface area (Å²) in [5.41, 5.74) is 0.186. The van der Waals surface area contributed by atoms with Crippen LogP contribution in [0.5, 0.6) is 5.75 Å². The molecule has 0 fully saturated rings. The average molecular weight is 474 g/mol. The summed E-state index contributed by atoms with van der Waals surface area (Å²) in [4.78, 5) is 32.0. The smallest absolute Gasteiger partial charge is 0.339 e. The molecule has 0 aliphatic rings. The van der Waals surface area contributed by atoms with Gasteiger partial charge < -0.3 is 14.8 Å². The van der Waals surface area contributed by atoms with E-state index in [4.69, 9.17) is 9.47 Å². The van der Waals surface area contributed by atoms with Crippen LogP contribution < -0.4 is 14.8 Å². The monoisotopic (exact) mass is 474 g/mol. The number of benzene rings is 2.